The standard InChI is InChI=1S/C23H24FN3O4/c1-3-31-14-4-13-27-22(29)20(16-5-9-18(10-6-16)25-15(2)28)21(23(27)30)26-19-11-7-17(24)8-12-19/h5-12,26H,3-4,13-14H2,1-2H3,(H,25,28). The smallest absolute Gasteiger partial charge is 0.278 e. The van der Waals surface area contributed by atoms with Gasteiger partial charge in [0.05, 0.1) is 5.57 Å². The quantitative estimate of drug-likeness (QED) is 0.475. The number of hydrogen-bond donors (Lipinski definition) is 2. The number of ether oxygens (including phenoxy) is 1. The van der Waals surface area contributed by atoms with Gasteiger partial charge in [0.25, 0.3) is 11.8 Å². The second-order valence-electron chi connectivity index (χ2n) is 6.95. The molecule has 7 nitrogen and oxygen atoms in total. The molecule has 1 heterocycles. The fourth-order valence-corrected chi connectivity index (χ4v) is 3.23. The number of nitrogens with one attached hydrogen (secondary N) is 2. The Hall–Kier alpha value is -3.52. The highest BCUT2D eigenvalue weighted by molar-refractivity contribution is 6.36. The Kier molecular flexibility index (Phi) is 7.15. The maximum atomic E-state index is 13.3. The Balaban J connectivity index is 1.92. The predicted molar refractivity (Wildman–Crippen MR) is 116 cm³/mol. The molecule has 0 unspecified atom stereocenters. The molecule has 0 saturated carbocycles. The van der Waals surface area contributed by atoms with E-state index in [-0.39, 0.29) is 23.7 Å². The number of amides is 3. The minimum Gasteiger partial charge on any atom is -0.382 e. The summed E-state index contributed by atoms with van der Waals surface area (Å²) < 4.78 is 18.6. The lowest BCUT2D eigenvalue weighted by atomic mass is 10.0. The predicted octanol–water partition coefficient (Wildman–Crippen LogP) is 3.40. The summed E-state index contributed by atoms with van der Waals surface area (Å²) in [5.74, 6) is -1.48. The third-order valence-corrected chi connectivity index (χ3v) is 4.65. The molecule has 0 spiro atoms. The molecule has 0 bridgehead atoms. The van der Waals surface area contributed by atoms with Crippen molar-refractivity contribution in [2.45, 2.75) is 20.3 Å². The van der Waals surface area contributed by atoms with E-state index in [2.05, 4.69) is 10.6 Å². The van der Waals surface area contributed by atoms with Crippen LogP contribution >= 0.6 is 0 Å². The molecule has 3 rings (SSSR count). The molecule has 162 valence electrons. The van der Waals surface area contributed by atoms with Crippen molar-refractivity contribution in [1.29, 1.82) is 0 Å². The second kappa shape index (κ2) is 9.99. The highest BCUT2D eigenvalue weighted by Crippen LogP contribution is 2.31. The lowest BCUT2D eigenvalue weighted by molar-refractivity contribution is -0.137. The molecule has 1 aliphatic rings. The number of carbonyl (C=O) groups is 3. The van der Waals surface area contributed by atoms with Gasteiger partial charge in [-0.2, -0.15) is 0 Å². The van der Waals surface area contributed by atoms with Gasteiger partial charge in [0.1, 0.15) is 11.5 Å². The van der Waals surface area contributed by atoms with Gasteiger partial charge in [-0.05, 0) is 55.3 Å². The van der Waals surface area contributed by atoms with Crippen LogP contribution < -0.4 is 10.6 Å². The molecule has 3 amide bonds. The third-order valence-electron chi connectivity index (χ3n) is 4.65. The van der Waals surface area contributed by atoms with E-state index in [1.807, 2.05) is 6.92 Å². The van der Waals surface area contributed by atoms with Crippen molar-refractivity contribution in [1.82, 2.24) is 4.90 Å². The van der Waals surface area contributed by atoms with Gasteiger partial charge >= 0.3 is 0 Å². The second-order valence-corrected chi connectivity index (χ2v) is 6.95. The first-order chi connectivity index (χ1) is 14.9. The van der Waals surface area contributed by atoms with Crippen LogP contribution in [0.3, 0.4) is 0 Å². The van der Waals surface area contributed by atoms with E-state index in [1.165, 1.54) is 36.1 Å². The molecule has 0 saturated heterocycles. The SMILES string of the molecule is CCOCCCN1C(=O)C(Nc2ccc(F)cc2)=C(c2ccc(NC(C)=O)cc2)C1=O. The summed E-state index contributed by atoms with van der Waals surface area (Å²) in [6.45, 7) is 4.50. The molecule has 2 N–H and O–H groups in total. The van der Waals surface area contributed by atoms with Crippen LogP contribution in [-0.2, 0) is 19.1 Å². The zero-order chi connectivity index (χ0) is 22.4. The average Bonchev–Trinajstić information content (AvgIpc) is 2.97. The Bertz CT molecular complexity index is 1000. The fourth-order valence-electron chi connectivity index (χ4n) is 3.23. The van der Waals surface area contributed by atoms with Gasteiger partial charge in [-0.25, -0.2) is 4.39 Å². The normalized spacial score (nSPS) is 13.7. The zero-order valence-corrected chi connectivity index (χ0v) is 17.4. The van der Waals surface area contributed by atoms with Gasteiger partial charge in [0, 0.05) is 38.1 Å². The van der Waals surface area contributed by atoms with Gasteiger partial charge < -0.3 is 15.4 Å². The molecule has 0 fully saturated rings. The summed E-state index contributed by atoms with van der Waals surface area (Å²) in [5, 5.41) is 5.64. The van der Waals surface area contributed by atoms with E-state index in [1.54, 1.807) is 24.3 Å². The van der Waals surface area contributed by atoms with Crippen LogP contribution in [0.25, 0.3) is 5.57 Å². The van der Waals surface area contributed by atoms with Crippen LogP contribution in [0.4, 0.5) is 15.8 Å². The van der Waals surface area contributed by atoms with E-state index >= 15 is 0 Å². The Morgan fingerprint density at radius 2 is 1.65 bits per heavy atom. The molecule has 2 aromatic carbocycles. The summed E-state index contributed by atoms with van der Waals surface area (Å²) in [7, 11) is 0. The van der Waals surface area contributed by atoms with Gasteiger partial charge in [-0.15, -0.1) is 0 Å². The first-order valence-electron chi connectivity index (χ1n) is 9.99. The van der Waals surface area contributed by atoms with E-state index < -0.39 is 17.6 Å². The molecule has 0 radical (unpaired) electrons. The van der Waals surface area contributed by atoms with E-state index in [0.29, 0.717) is 36.6 Å². The minimum absolute atomic E-state index is 0.125. The van der Waals surface area contributed by atoms with Crippen LogP contribution in [0.2, 0.25) is 0 Å². The van der Waals surface area contributed by atoms with Crippen molar-refractivity contribution < 1.29 is 23.5 Å². The molecular weight excluding hydrogens is 401 g/mol. The molecular formula is C23H24FN3O4. The Morgan fingerprint density at radius 1 is 1.00 bits per heavy atom. The van der Waals surface area contributed by atoms with E-state index in [4.69, 9.17) is 4.74 Å². The van der Waals surface area contributed by atoms with Crippen molar-refractivity contribution in [2.75, 3.05) is 30.4 Å². The summed E-state index contributed by atoms with van der Waals surface area (Å²) in [5.41, 5.74) is 1.95. The lowest BCUT2D eigenvalue weighted by Crippen LogP contribution is -2.34. The van der Waals surface area contributed by atoms with Crippen LogP contribution in [0.15, 0.2) is 54.2 Å². The number of rotatable bonds is 9. The molecule has 8 heteroatoms. The maximum absolute atomic E-state index is 13.3. The van der Waals surface area contributed by atoms with Gasteiger partial charge in [0.2, 0.25) is 5.91 Å². The van der Waals surface area contributed by atoms with Crippen molar-refractivity contribution in [3.8, 4) is 0 Å². The van der Waals surface area contributed by atoms with Crippen molar-refractivity contribution in [3.05, 3.63) is 65.6 Å². The molecule has 0 aromatic heterocycles. The summed E-state index contributed by atoms with van der Waals surface area (Å²) >= 11 is 0. The summed E-state index contributed by atoms with van der Waals surface area (Å²) in [6.07, 6.45) is 0.518. The summed E-state index contributed by atoms with van der Waals surface area (Å²) in [4.78, 5) is 38.6. The average molecular weight is 425 g/mol. The van der Waals surface area contributed by atoms with Crippen molar-refractivity contribution in [2.24, 2.45) is 0 Å². The number of halogens is 1. The van der Waals surface area contributed by atoms with Gasteiger partial charge in [0.15, 0.2) is 0 Å². The van der Waals surface area contributed by atoms with Crippen molar-refractivity contribution >= 4 is 34.7 Å². The first-order valence-corrected chi connectivity index (χ1v) is 9.99. The first kappa shape index (κ1) is 22.2. The maximum Gasteiger partial charge on any atom is 0.278 e. The largest absolute Gasteiger partial charge is 0.382 e. The van der Waals surface area contributed by atoms with Crippen LogP contribution in [0.5, 0.6) is 0 Å². The zero-order valence-electron chi connectivity index (χ0n) is 17.4. The van der Waals surface area contributed by atoms with Crippen LogP contribution in [0.1, 0.15) is 25.8 Å². The third kappa shape index (κ3) is 5.35. The Labute approximate surface area is 179 Å². The molecule has 0 atom stereocenters. The fraction of sp³-hybridized carbons (Fsp3) is 0.261. The monoisotopic (exact) mass is 425 g/mol. The van der Waals surface area contributed by atoms with Crippen LogP contribution in [-0.4, -0.2) is 42.4 Å². The number of benzene rings is 2. The highest BCUT2D eigenvalue weighted by atomic mass is 19.1. The summed E-state index contributed by atoms with van der Waals surface area (Å²) in [6, 6.07) is 12.2. The Morgan fingerprint density at radius 3 is 2.26 bits per heavy atom. The number of nitrogens with zero attached hydrogens (tertiary/aromatic N) is 1. The minimum atomic E-state index is -0.452. The van der Waals surface area contributed by atoms with Crippen molar-refractivity contribution in [3.63, 3.8) is 0 Å². The van der Waals surface area contributed by atoms with E-state index in [0.717, 1.165) is 0 Å². The topological polar surface area (TPSA) is 87.7 Å². The molecule has 31 heavy (non-hydrogen) atoms. The lowest BCUT2D eigenvalue weighted by Gasteiger charge is -2.15. The van der Waals surface area contributed by atoms with E-state index in [9.17, 15) is 18.8 Å². The molecule has 0 aliphatic carbocycles. The van der Waals surface area contributed by atoms with Crippen LogP contribution in [0, 0.1) is 5.82 Å². The number of imide groups is 1. The molecule has 1 aliphatic heterocycles. The molecule has 2 aromatic rings. The number of hydrogen-bond acceptors (Lipinski definition) is 5. The van der Waals surface area contributed by atoms with Gasteiger partial charge in [-0.1, -0.05) is 12.1 Å². The number of anilines is 2. The number of carbonyl (C=O) groups excluding carboxylic acids is 3. The van der Waals surface area contributed by atoms with Gasteiger partial charge in [-0.3, -0.25) is 19.3 Å². The highest BCUT2D eigenvalue weighted by Gasteiger charge is 2.38.